The zero-order chi connectivity index (χ0) is 15.0. The van der Waals surface area contributed by atoms with E-state index >= 15 is 0 Å². The number of nitrogens with one attached hydrogen (secondary N) is 1. The van der Waals surface area contributed by atoms with Gasteiger partial charge in [0.05, 0.1) is 0 Å². The molecule has 1 aliphatic heterocycles. The van der Waals surface area contributed by atoms with Crippen LogP contribution in [0.5, 0.6) is 0 Å². The fraction of sp³-hybridized carbons (Fsp3) is 0.235. The van der Waals surface area contributed by atoms with Crippen molar-refractivity contribution in [1.29, 1.82) is 0 Å². The number of halogens is 1. The van der Waals surface area contributed by atoms with Gasteiger partial charge in [0, 0.05) is 35.1 Å². The molecule has 0 amide bonds. The largest absolute Gasteiger partial charge is 0.355 e. The Balaban J connectivity index is 1.87. The Morgan fingerprint density at radius 2 is 1.86 bits per heavy atom. The molecule has 1 N–H and O–H groups in total. The minimum atomic E-state index is 0.0103. The molecule has 21 heavy (non-hydrogen) atoms. The first kappa shape index (κ1) is 14.1. The molecule has 0 bridgehead atoms. The van der Waals surface area contributed by atoms with Gasteiger partial charge in [-0.2, -0.15) is 0 Å². The number of anilines is 2. The van der Waals surface area contributed by atoms with Gasteiger partial charge < -0.3 is 5.32 Å². The molecule has 1 heterocycles. The van der Waals surface area contributed by atoms with Gasteiger partial charge in [0.2, 0.25) is 0 Å². The maximum absolute atomic E-state index is 11.5. The van der Waals surface area contributed by atoms with E-state index in [2.05, 4.69) is 35.5 Å². The molecule has 0 fully saturated rings. The molecule has 0 saturated carbocycles. The summed E-state index contributed by atoms with van der Waals surface area (Å²) in [6.07, 6.45) is 0. The Bertz CT molecular complexity index is 712. The van der Waals surface area contributed by atoms with Crippen LogP contribution in [0.2, 0.25) is 5.02 Å². The van der Waals surface area contributed by atoms with Crippen molar-refractivity contribution in [2.75, 3.05) is 12.4 Å². The second kappa shape index (κ2) is 5.51. The number of nitrogens with zero attached hydrogens (tertiary/aromatic N) is 1. The standard InChI is InChI=1S/C17H17ClN2O/c1-11(21)13-5-15(18)8-17(6-13)19-16-4-3-12-9-20(2)10-14(12)7-16/h3-8,19H,9-10H2,1-2H3. The maximum Gasteiger partial charge on any atom is 0.159 e. The highest BCUT2D eigenvalue weighted by molar-refractivity contribution is 6.31. The van der Waals surface area contributed by atoms with Crippen molar-refractivity contribution in [2.24, 2.45) is 0 Å². The lowest BCUT2D eigenvalue weighted by Gasteiger charge is -2.10. The smallest absolute Gasteiger partial charge is 0.159 e. The van der Waals surface area contributed by atoms with E-state index in [1.54, 1.807) is 13.0 Å². The summed E-state index contributed by atoms with van der Waals surface area (Å²) < 4.78 is 0. The van der Waals surface area contributed by atoms with Gasteiger partial charge in [-0.25, -0.2) is 0 Å². The Kier molecular flexibility index (Phi) is 3.70. The molecule has 2 aromatic rings. The van der Waals surface area contributed by atoms with Crippen LogP contribution >= 0.6 is 11.6 Å². The van der Waals surface area contributed by atoms with Gasteiger partial charge in [-0.05, 0) is 55.4 Å². The highest BCUT2D eigenvalue weighted by Crippen LogP contribution is 2.28. The predicted octanol–water partition coefficient (Wildman–Crippen LogP) is 4.23. The number of hydrogen-bond acceptors (Lipinski definition) is 3. The normalized spacial score (nSPS) is 14.0. The van der Waals surface area contributed by atoms with Crippen LogP contribution in [0.4, 0.5) is 11.4 Å². The molecule has 3 rings (SSSR count). The number of ketones is 1. The molecule has 3 nitrogen and oxygen atoms in total. The molecule has 0 saturated heterocycles. The Morgan fingerprint density at radius 1 is 1.10 bits per heavy atom. The third-order valence-electron chi connectivity index (χ3n) is 3.68. The quantitative estimate of drug-likeness (QED) is 0.861. The minimum Gasteiger partial charge on any atom is -0.355 e. The number of carbonyl (C=O) groups is 1. The average Bonchev–Trinajstić information content (AvgIpc) is 2.77. The summed E-state index contributed by atoms with van der Waals surface area (Å²) in [7, 11) is 2.11. The van der Waals surface area contributed by atoms with Crippen molar-refractivity contribution in [3.63, 3.8) is 0 Å². The fourth-order valence-electron chi connectivity index (χ4n) is 2.67. The predicted molar refractivity (Wildman–Crippen MR) is 86.4 cm³/mol. The molecule has 1 aliphatic rings. The van der Waals surface area contributed by atoms with E-state index in [0.717, 1.165) is 24.5 Å². The summed E-state index contributed by atoms with van der Waals surface area (Å²) in [5.74, 6) is 0.0103. The first-order valence-corrected chi connectivity index (χ1v) is 7.28. The van der Waals surface area contributed by atoms with E-state index in [0.29, 0.717) is 10.6 Å². The summed E-state index contributed by atoms with van der Waals surface area (Å²) in [5.41, 5.74) is 5.18. The second-order valence-electron chi connectivity index (χ2n) is 5.57. The average molecular weight is 301 g/mol. The van der Waals surface area contributed by atoms with E-state index in [1.165, 1.54) is 11.1 Å². The van der Waals surface area contributed by atoms with Gasteiger partial charge in [0.15, 0.2) is 5.78 Å². The Labute approximate surface area is 129 Å². The summed E-state index contributed by atoms with van der Waals surface area (Å²) in [5, 5.41) is 3.89. The van der Waals surface area contributed by atoms with Gasteiger partial charge in [-0.3, -0.25) is 9.69 Å². The van der Waals surface area contributed by atoms with E-state index in [-0.39, 0.29) is 5.78 Å². The zero-order valence-corrected chi connectivity index (χ0v) is 12.9. The first-order valence-electron chi connectivity index (χ1n) is 6.90. The Hall–Kier alpha value is -1.84. The summed E-state index contributed by atoms with van der Waals surface area (Å²) in [4.78, 5) is 13.8. The number of fused-ring (bicyclic) bond motifs is 1. The van der Waals surface area contributed by atoms with Gasteiger partial charge in [0.1, 0.15) is 0 Å². The van der Waals surface area contributed by atoms with E-state index < -0.39 is 0 Å². The van der Waals surface area contributed by atoms with Crippen LogP contribution in [-0.2, 0) is 13.1 Å². The van der Waals surface area contributed by atoms with Gasteiger partial charge >= 0.3 is 0 Å². The van der Waals surface area contributed by atoms with Gasteiger partial charge in [-0.1, -0.05) is 17.7 Å². The molecule has 0 spiro atoms. The summed E-state index contributed by atoms with van der Waals surface area (Å²) in [6, 6.07) is 11.7. The highest BCUT2D eigenvalue weighted by Gasteiger charge is 2.15. The van der Waals surface area contributed by atoms with Crippen molar-refractivity contribution in [3.8, 4) is 0 Å². The number of hydrogen-bond donors (Lipinski definition) is 1. The molecule has 2 aromatic carbocycles. The number of benzene rings is 2. The topological polar surface area (TPSA) is 32.3 Å². The number of rotatable bonds is 3. The third-order valence-corrected chi connectivity index (χ3v) is 3.90. The van der Waals surface area contributed by atoms with Crippen LogP contribution in [0.25, 0.3) is 0 Å². The van der Waals surface area contributed by atoms with Crippen LogP contribution in [0.15, 0.2) is 36.4 Å². The fourth-order valence-corrected chi connectivity index (χ4v) is 2.91. The zero-order valence-electron chi connectivity index (χ0n) is 12.1. The molecule has 108 valence electrons. The molecule has 0 atom stereocenters. The van der Waals surface area contributed by atoms with Crippen LogP contribution in [-0.4, -0.2) is 17.7 Å². The van der Waals surface area contributed by atoms with Crippen LogP contribution in [0.1, 0.15) is 28.4 Å². The van der Waals surface area contributed by atoms with E-state index in [9.17, 15) is 4.79 Å². The van der Waals surface area contributed by atoms with Crippen molar-refractivity contribution in [3.05, 3.63) is 58.1 Å². The van der Waals surface area contributed by atoms with E-state index in [1.807, 2.05) is 12.1 Å². The third kappa shape index (κ3) is 3.09. The molecule has 0 aromatic heterocycles. The lowest BCUT2D eigenvalue weighted by molar-refractivity contribution is 0.101. The monoisotopic (exact) mass is 300 g/mol. The maximum atomic E-state index is 11.5. The van der Waals surface area contributed by atoms with Crippen molar-refractivity contribution in [2.45, 2.75) is 20.0 Å². The molecular formula is C17H17ClN2O. The molecule has 4 heteroatoms. The SMILES string of the molecule is CC(=O)c1cc(Cl)cc(Nc2ccc3c(c2)CN(C)C3)c1. The van der Waals surface area contributed by atoms with Gasteiger partial charge in [0.25, 0.3) is 0 Å². The molecule has 0 aliphatic carbocycles. The number of carbonyl (C=O) groups excluding carboxylic acids is 1. The van der Waals surface area contributed by atoms with Crippen molar-refractivity contribution in [1.82, 2.24) is 4.90 Å². The first-order chi connectivity index (χ1) is 10.0. The summed E-state index contributed by atoms with van der Waals surface area (Å²) in [6.45, 7) is 3.51. The minimum absolute atomic E-state index is 0.0103. The lowest BCUT2D eigenvalue weighted by atomic mass is 10.1. The van der Waals surface area contributed by atoms with Gasteiger partial charge in [-0.15, -0.1) is 0 Å². The molecule has 0 unspecified atom stereocenters. The van der Waals surface area contributed by atoms with Crippen molar-refractivity contribution >= 4 is 28.8 Å². The highest BCUT2D eigenvalue weighted by atomic mass is 35.5. The second-order valence-corrected chi connectivity index (χ2v) is 6.00. The molecular weight excluding hydrogens is 284 g/mol. The summed E-state index contributed by atoms with van der Waals surface area (Å²) >= 11 is 6.07. The number of Topliss-reactive ketones (excluding diaryl/α,β-unsaturated/α-hetero) is 1. The lowest BCUT2D eigenvalue weighted by Crippen LogP contribution is -2.07. The Morgan fingerprint density at radius 3 is 2.62 bits per heavy atom. The van der Waals surface area contributed by atoms with Crippen LogP contribution < -0.4 is 5.32 Å². The van der Waals surface area contributed by atoms with E-state index in [4.69, 9.17) is 11.6 Å². The van der Waals surface area contributed by atoms with Crippen molar-refractivity contribution < 1.29 is 4.79 Å². The van der Waals surface area contributed by atoms with Crippen LogP contribution in [0, 0.1) is 0 Å². The van der Waals surface area contributed by atoms with Crippen LogP contribution in [0.3, 0.4) is 0 Å². The molecule has 0 radical (unpaired) electrons.